The predicted molar refractivity (Wildman–Crippen MR) is 146 cm³/mol. The van der Waals surface area contributed by atoms with Crippen molar-refractivity contribution >= 4 is 55.9 Å². The summed E-state index contributed by atoms with van der Waals surface area (Å²) in [4.78, 5) is 56.4. The van der Waals surface area contributed by atoms with Crippen molar-refractivity contribution in [1.29, 1.82) is 0 Å². The third-order valence-electron chi connectivity index (χ3n) is 7.05. The second-order valence-corrected chi connectivity index (χ2v) is 11.0. The summed E-state index contributed by atoms with van der Waals surface area (Å²) in [6, 6.07) is 16.8. The molecular weight excluding hydrogens is 536 g/mol. The molecule has 10 nitrogen and oxygen atoms in total. The number of ether oxygens (including phenoxy) is 1. The molecule has 6 rings (SSSR count). The Kier molecular flexibility index (Phi) is 5.61. The number of benzene rings is 4. The zero-order valence-corrected chi connectivity index (χ0v) is 22.0. The van der Waals surface area contributed by atoms with Crippen LogP contribution in [0.25, 0.3) is 10.8 Å². The van der Waals surface area contributed by atoms with E-state index in [2.05, 4.69) is 0 Å². The van der Waals surface area contributed by atoms with E-state index in [0.29, 0.717) is 5.69 Å². The number of imide groups is 2. The minimum atomic E-state index is -4.44. The molecule has 0 unspecified atom stereocenters. The zero-order valence-electron chi connectivity index (χ0n) is 21.2. The Morgan fingerprint density at radius 2 is 1.10 bits per heavy atom. The van der Waals surface area contributed by atoms with Crippen molar-refractivity contribution < 1.29 is 36.9 Å². The van der Waals surface area contributed by atoms with Gasteiger partial charge in [0.25, 0.3) is 33.7 Å². The highest BCUT2D eigenvalue weighted by molar-refractivity contribution is 7.85. The molecule has 2 aliphatic rings. The molecule has 0 spiro atoms. The van der Waals surface area contributed by atoms with Gasteiger partial charge in [-0.05, 0) is 61.5 Å². The van der Waals surface area contributed by atoms with E-state index in [1.165, 1.54) is 49.6 Å². The van der Waals surface area contributed by atoms with E-state index in [-0.39, 0.29) is 50.0 Å². The van der Waals surface area contributed by atoms with Gasteiger partial charge in [0.15, 0.2) is 0 Å². The first-order valence-electron chi connectivity index (χ1n) is 12.1. The lowest BCUT2D eigenvalue weighted by Crippen LogP contribution is -2.43. The number of nitrogens with zero attached hydrogens (tertiary/aromatic N) is 2. The number of aryl methyl sites for hydroxylation is 1. The van der Waals surface area contributed by atoms with Gasteiger partial charge in [-0.15, -0.1) is 0 Å². The van der Waals surface area contributed by atoms with Gasteiger partial charge in [0.1, 0.15) is 11.5 Å². The molecule has 1 N–H and O–H groups in total. The SMILES string of the molecule is COc1ccc(N2C(=O)c3ccc4c5c(ccc(c35)C2=O)C(=O)N(c2ccc(C)cc2)C4=O)cc1CS(=O)(=O)O. The van der Waals surface area contributed by atoms with Gasteiger partial charge < -0.3 is 4.74 Å². The van der Waals surface area contributed by atoms with Gasteiger partial charge in [0.05, 0.1) is 18.5 Å². The number of rotatable bonds is 5. The summed E-state index contributed by atoms with van der Waals surface area (Å²) >= 11 is 0. The molecule has 0 saturated carbocycles. The van der Waals surface area contributed by atoms with E-state index in [1.807, 2.05) is 6.92 Å². The molecule has 4 amide bonds. The minimum absolute atomic E-state index is 0.0477. The summed E-state index contributed by atoms with van der Waals surface area (Å²) in [6.45, 7) is 1.89. The number of anilines is 2. The van der Waals surface area contributed by atoms with Crippen molar-refractivity contribution in [2.45, 2.75) is 12.7 Å². The highest BCUT2D eigenvalue weighted by atomic mass is 32.2. The molecule has 4 aromatic carbocycles. The van der Waals surface area contributed by atoms with E-state index in [0.717, 1.165) is 15.4 Å². The molecule has 4 aromatic rings. The second-order valence-electron chi connectivity index (χ2n) is 9.52. The maximum Gasteiger partial charge on any atom is 0.269 e. The van der Waals surface area contributed by atoms with Gasteiger partial charge in [-0.25, -0.2) is 9.80 Å². The van der Waals surface area contributed by atoms with Gasteiger partial charge in [-0.2, -0.15) is 8.42 Å². The van der Waals surface area contributed by atoms with E-state index in [1.54, 1.807) is 24.3 Å². The topological polar surface area (TPSA) is 138 Å². The summed E-state index contributed by atoms with van der Waals surface area (Å²) in [5, 5.41) is 0.440. The first kappa shape index (κ1) is 25.4. The molecule has 2 heterocycles. The molecule has 0 aliphatic carbocycles. The van der Waals surface area contributed by atoms with Crippen LogP contribution in [0, 0.1) is 6.92 Å². The van der Waals surface area contributed by atoms with E-state index in [9.17, 15) is 32.1 Å². The van der Waals surface area contributed by atoms with E-state index >= 15 is 0 Å². The largest absolute Gasteiger partial charge is 0.496 e. The van der Waals surface area contributed by atoms with Crippen molar-refractivity contribution in [3.05, 3.63) is 100 Å². The van der Waals surface area contributed by atoms with Crippen LogP contribution >= 0.6 is 0 Å². The third kappa shape index (κ3) is 3.78. The van der Waals surface area contributed by atoms with Crippen LogP contribution < -0.4 is 14.5 Å². The second kappa shape index (κ2) is 8.83. The molecule has 0 bridgehead atoms. The van der Waals surface area contributed by atoms with Crippen LogP contribution in [-0.2, 0) is 15.9 Å². The fraction of sp³-hybridized carbons (Fsp3) is 0.103. The van der Waals surface area contributed by atoms with Crippen molar-refractivity contribution in [1.82, 2.24) is 0 Å². The molecule has 0 atom stereocenters. The average molecular weight is 557 g/mol. The predicted octanol–water partition coefficient (Wildman–Crippen LogP) is 4.15. The van der Waals surface area contributed by atoms with Crippen LogP contribution in [0.4, 0.5) is 11.4 Å². The van der Waals surface area contributed by atoms with Gasteiger partial charge in [-0.1, -0.05) is 17.7 Å². The standard InChI is InChI=1S/C29H20N2O8S/c1-15-3-5-17(6-4-15)30-26(32)19-8-10-21-25-22(11-9-20(24(19)25)27(30)33)29(35)31(28(21)34)18-7-12-23(39-2)16(13-18)14-40(36,37)38/h3-13H,14H2,1-2H3,(H,36,37,38). The number of hydrogen-bond acceptors (Lipinski definition) is 7. The Bertz CT molecular complexity index is 1860. The first-order chi connectivity index (χ1) is 19.0. The zero-order chi connectivity index (χ0) is 28.5. The molecular formula is C29H20N2O8S. The van der Waals surface area contributed by atoms with Crippen LogP contribution in [0.1, 0.15) is 52.6 Å². The van der Waals surface area contributed by atoms with Crippen molar-refractivity contribution in [2.75, 3.05) is 16.9 Å². The molecule has 0 saturated heterocycles. The molecule has 2 aliphatic heterocycles. The lowest BCUT2D eigenvalue weighted by molar-refractivity contribution is 0.0873. The summed E-state index contributed by atoms with van der Waals surface area (Å²) in [5.74, 6) is -3.22. The Morgan fingerprint density at radius 1 is 0.675 bits per heavy atom. The Balaban J connectivity index is 1.49. The first-order valence-corrected chi connectivity index (χ1v) is 13.7. The molecule has 0 fully saturated rings. The summed E-state index contributed by atoms with van der Waals surface area (Å²) < 4.78 is 37.6. The van der Waals surface area contributed by atoms with E-state index in [4.69, 9.17) is 4.74 Å². The number of carbonyl (C=O) groups is 4. The van der Waals surface area contributed by atoms with Gasteiger partial charge in [0, 0.05) is 38.6 Å². The normalized spacial score (nSPS) is 14.8. The van der Waals surface area contributed by atoms with Gasteiger partial charge in [0.2, 0.25) is 0 Å². The van der Waals surface area contributed by atoms with E-state index < -0.39 is 39.5 Å². The lowest BCUT2D eigenvalue weighted by Gasteiger charge is -2.32. The van der Waals surface area contributed by atoms with Gasteiger partial charge in [-0.3, -0.25) is 23.7 Å². The Labute approximate surface area is 228 Å². The van der Waals surface area contributed by atoms with Crippen LogP contribution in [0.5, 0.6) is 5.75 Å². The highest BCUT2D eigenvalue weighted by Gasteiger charge is 2.40. The monoisotopic (exact) mass is 556 g/mol. The van der Waals surface area contributed by atoms with Crippen molar-refractivity contribution in [3.8, 4) is 5.75 Å². The lowest BCUT2D eigenvalue weighted by atomic mass is 9.85. The molecule has 0 aromatic heterocycles. The smallest absolute Gasteiger partial charge is 0.269 e. The molecule has 0 radical (unpaired) electrons. The van der Waals surface area contributed by atoms with Crippen LogP contribution in [0.15, 0.2) is 66.7 Å². The van der Waals surface area contributed by atoms with Crippen LogP contribution in [-0.4, -0.2) is 43.7 Å². The third-order valence-corrected chi connectivity index (χ3v) is 7.72. The summed E-state index contributed by atoms with van der Waals surface area (Å²) in [6.07, 6.45) is 0. The van der Waals surface area contributed by atoms with Crippen LogP contribution in [0.2, 0.25) is 0 Å². The van der Waals surface area contributed by atoms with Crippen LogP contribution in [0.3, 0.4) is 0 Å². The Morgan fingerprint density at radius 3 is 1.52 bits per heavy atom. The average Bonchev–Trinajstić information content (AvgIpc) is 2.91. The maximum atomic E-state index is 13.7. The number of amides is 4. The van der Waals surface area contributed by atoms with Crippen molar-refractivity contribution in [3.63, 3.8) is 0 Å². The number of carbonyl (C=O) groups excluding carboxylic acids is 4. The number of methoxy groups -OCH3 is 1. The fourth-order valence-electron chi connectivity index (χ4n) is 5.25. The number of hydrogen-bond donors (Lipinski definition) is 1. The Hall–Kier alpha value is -4.87. The summed E-state index contributed by atoms with van der Waals surface area (Å²) in [5.41, 5.74) is 2.05. The fourth-order valence-corrected chi connectivity index (χ4v) is 5.87. The van der Waals surface area contributed by atoms with Crippen molar-refractivity contribution in [2.24, 2.45) is 0 Å². The molecule has 40 heavy (non-hydrogen) atoms. The molecule has 200 valence electrons. The van der Waals surface area contributed by atoms with Gasteiger partial charge >= 0.3 is 0 Å². The quantitative estimate of drug-likeness (QED) is 0.286. The minimum Gasteiger partial charge on any atom is -0.496 e. The maximum absolute atomic E-state index is 13.7. The molecule has 11 heteroatoms. The highest BCUT2D eigenvalue weighted by Crippen LogP contribution is 2.40. The summed E-state index contributed by atoms with van der Waals surface area (Å²) in [7, 11) is -3.13.